The van der Waals surface area contributed by atoms with Crippen LogP contribution in [-0.4, -0.2) is 21.5 Å². The average molecular weight is 290 g/mol. The third kappa shape index (κ3) is 4.24. The summed E-state index contributed by atoms with van der Waals surface area (Å²) in [4.78, 5) is 0. The summed E-state index contributed by atoms with van der Waals surface area (Å²) in [5.41, 5.74) is 2.01. The topological polar surface area (TPSA) is 51.1 Å². The van der Waals surface area contributed by atoms with Gasteiger partial charge in [-0.05, 0) is 43.4 Å². The standard InChI is InChI=1S/C14H18N4OS/c1-3-19-13-6-4-12(5-7-13)17-14(20)15-8-11-9-16-18(2)10-11/h4-7,9-10H,3,8H2,1-2H3,(H2,15,17,20). The summed E-state index contributed by atoms with van der Waals surface area (Å²) in [6.45, 7) is 3.28. The number of ether oxygens (including phenoxy) is 1. The number of hydrogen-bond acceptors (Lipinski definition) is 3. The molecule has 1 aromatic heterocycles. The SMILES string of the molecule is CCOc1ccc(NC(=S)NCc2cnn(C)c2)cc1. The smallest absolute Gasteiger partial charge is 0.171 e. The Hall–Kier alpha value is -2.08. The van der Waals surface area contributed by atoms with Gasteiger partial charge in [0.25, 0.3) is 0 Å². The van der Waals surface area contributed by atoms with Crippen LogP contribution in [0.3, 0.4) is 0 Å². The lowest BCUT2D eigenvalue weighted by molar-refractivity contribution is 0.340. The summed E-state index contributed by atoms with van der Waals surface area (Å²) in [6, 6.07) is 7.69. The van der Waals surface area contributed by atoms with Crippen LogP contribution in [0.15, 0.2) is 36.7 Å². The quantitative estimate of drug-likeness (QED) is 0.828. The van der Waals surface area contributed by atoms with E-state index < -0.39 is 0 Å². The van der Waals surface area contributed by atoms with E-state index in [0.717, 1.165) is 17.0 Å². The van der Waals surface area contributed by atoms with Crippen molar-refractivity contribution in [1.29, 1.82) is 0 Å². The van der Waals surface area contributed by atoms with Gasteiger partial charge in [0, 0.05) is 31.0 Å². The van der Waals surface area contributed by atoms with Gasteiger partial charge in [-0.25, -0.2) is 0 Å². The third-order valence-corrected chi connectivity index (χ3v) is 2.88. The van der Waals surface area contributed by atoms with Gasteiger partial charge in [-0.1, -0.05) is 0 Å². The average Bonchev–Trinajstić information content (AvgIpc) is 2.85. The lowest BCUT2D eigenvalue weighted by atomic mass is 10.3. The molecule has 0 spiro atoms. The van der Waals surface area contributed by atoms with Gasteiger partial charge in [-0.3, -0.25) is 4.68 Å². The number of aryl methyl sites for hydroxylation is 1. The van der Waals surface area contributed by atoms with Gasteiger partial charge in [-0.15, -0.1) is 0 Å². The Kier molecular flexibility index (Phi) is 4.95. The Morgan fingerprint density at radius 2 is 2.10 bits per heavy atom. The van der Waals surface area contributed by atoms with Crippen LogP contribution in [0, 0.1) is 0 Å². The van der Waals surface area contributed by atoms with E-state index in [1.807, 2.05) is 50.6 Å². The minimum absolute atomic E-state index is 0.581. The lowest BCUT2D eigenvalue weighted by Gasteiger charge is -2.10. The van der Waals surface area contributed by atoms with E-state index in [4.69, 9.17) is 17.0 Å². The summed E-state index contributed by atoms with van der Waals surface area (Å²) >= 11 is 5.25. The van der Waals surface area contributed by atoms with E-state index >= 15 is 0 Å². The van der Waals surface area contributed by atoms with E-state index in [9.17, 15) is 0 Å². The molecule has 5 nitrogen and oxygen atoms in total. The van der Waals surface area contributed by atoms with Crippen molar-refractivity contribution in [3.05, 3.63) is 42.2 Å². The highest BCUT2D eigenvalue weighted by Gasteiger charge is 2.00. The number of anilines is 1. The third-order valence-electron chi connectivity index (χ3n) is 2.63. The first-order valence-electron chi connectivity index (χ1n) is 6.42. The first-order valence-corrected chi connectivity index (χ1v) is 6.83. The van der Waals surface area contributed by atoms with E-state index in [1.165, 1.54) is 0 Å². The highest BCUT2D eigenvalue weighted by Crippen LogP contribution is 2.15. The number of nitrogens with zero attached hydrogens (tertiary/aromatic N) is 2. The number of hydrogen-bond donors (Lipinski definition) is 2. The van der Waals surface area contributed by atoms with Crippen LogP contribution in [0.5, 0.6) is 5.75 Å². The van der Waals surface area contributed by atoms with Crippen molar-refractivity contribution >= 4 is 23.0 Å². The van der Waals surface area contributed by atoms with Crippen molar-refractivity contribution in [2.75, 3.05) is 11.9 Å². The first-order chi connectivity index (χ1) is 9.67. The molecule has 106 valence electrons. The number of benzene rings is 1. The number of thiocarbonyl (C=S) groups is 1. The zero-order valence-electron chi connectivity index (χ0n) is 11.6. The Bertz CT molecular complexity index is 565. The summed E-state index contributed by atoms with van der Waals surface area (Å²) in [6.07, 6.45) is 3.76. The molecule has 20 heavy (non-hydrogen) atoms. The maximum absolute atomic E-state index is 5.39. The summed E-state index contributed by atoms with van der Waals surface area (Å²) in [7, 11) is 1.89. The largest absolute Gasteiger partial charge is 0.494 e. The van der Waals surface area contributed by atoms with Crippen molar-refractivity contribution in [2.24, 2.45) is 7.05 Å². The Morgan fingerprint density at radius 3 is 2.70 bits per heavy atom. The monoisotopic (exact) mass is 290 g/mol. The maximum Gasteiger partial charge on any atom is 0.171 e. The zero-order valence-corrected chi connectivity index (χ0v) is 12.4. The fraction of sp³-hybridized carbons (Fsp3) is 0.286. The van der Waals surface area contributed by atoms with Gasteiger partial charge >= 0.3 is 0 Å². The Morgan fingerprint density at radius 1 is 1.35 bits per heavy atom. The van der Waals surface area contributed by atoms with Crippen molar-refractivity contribution in [1.82, 2.24) is 15.1 Å². The van der Waals surface area contributed by atoms with Crippen LogP contribution in [0.2, 0.25) is 0 Å². The molecule has 0 saturated carbocycles. The van der Waals surface area contributed by atoms with Crippen molar-refractivity contribution in [3.63, 3.8) is 0 Å². The van der Waals surface area contributed by atoms with Crippen LogP contribution in [0.1, 0.15) is 12.5 Å². The molecule has 0 aliphatic heterocycles. The van der Waals surface area contributed by atoms with Crippen LogP contribution in [0.25, 0.3) is 0 Å². The lowest BCUT2D eigenvalue weighted by Crippen LogP contribution is -2.27. The number of nitrogens with one attached hydrogen (secondary N) is 2. The fourth-order valence-electron chi connectivity index (χ4n) is 1.72. The Labute approximate surface area is 123 Å². The molecule has 0 fully saturated rings. The van der Waals surface area contributed by atoms with Crippen molar-refractivity contribution < 1.29 is 4.74 Å². The zero-order chi connectivity index (χ0) is 14.4. The first kappa shape index (κ1) is 14.3. The molecule has 0 radical (unpaired) electrons. The highest BCUT2D eigenvalue weighted by molar-refractivity contribution is 7.80. The van der Waals surface area contributed by atoms with E-state index in [2.05, 4.69) is 15.7 Å². The molecule has 0 unspecified atom stereocenters. The fourth-order valence-corrected chi connectivity index (χ4v) is 1.91. The second-order valence-electron chi connectivity index (χ2n) is 4.29. The van der Waals surface area contributed by atoms with E-state index in [1.54, 1.807) is 4.68 Å². The molecule has 2 rings (SSSR count). The molecule has 0 atom stereocenters. The predicted molar refractivity (Wildman–Crippen MR) is 83.9 cm³/mol. The van der Waals surface area contributed by atoms with Gasteiger partial charge in [0.05, 0.1) is 12.8 Å². The summed E-state index contributed by atoms with van der Waals surface area (Å²) in [5.74, 6) is 0.854. The minimum atomic E-state index is 0.581. The molecule has 0 aliphatic carbocycles. The second kappa shape index (κ2) is 6.91. The van der Waals surface area contributed by atoms with Gasteiger partial charge in [0.1, 0.15) is 5.75 Å². The summed E-state index contributed by atoms with van der Waals surface area (Å²) < 4.78 is 7.15. The molecule has 0 aliphatic rings. The van der Waals surface area contributed by atoms with Crippen LogP contribution >= 0.6 is 12.2 Å². The molecule has 0 bridgehead atoms. The van der Waals surface area contributed by atoms with Crippen LogP contribution in [0.4, 0.5) is 5.69 Å². The summed E-state index contributed by atoms with van der Waals surface area (Å²) in [5, 5.41) is 10.9. The van der Waals surface area contributed by atoms with Crippen LogP contribution in [-0.2, 0) is 13.6 Å². The highest BCUT2D eigenvalue weighted by atomic mass is 32.1. The minimum Gasteiger partial charge on any atom is -0.494 e. The Balaban J connectivity index is 1.81. The van der Waals surface area contributed by atoms with E-state index in [0.29, 0.717) is 18.3 Å². The molecular formula is C14H18N4OS. The predicted octanol–water partition coefficient (Wildman–Crippen LogP) is 2.31. The van der Waals surface area contributed by atoms with Crippen LogP contribution < -0.4 is 15.4 Å². The van der Waals surface area contributed by atoms with Crippen molar-refractivity contribution in [3.8, 4) is 5.75 Å². The molecule has 1 aromatic carbocycles. The molecule has 6 heteroatoms. The van der Waals surface area contributed by atoms with E-state index in [-0.39, 0.29) is 0 Å². The normalized spacial score (nSPS) is 10.1. The maximum atomic E-state index is 5.39. The van der Waals surface area contributed by atoms with Gasteiger partial charge in [0.15, 0.2) is 5.11 Å². The van der Waals surface area contributed by atoms with Gasteiger partial charge in [-0.2, -0.15) is 5.10 Å². The van der Waals surface area contributed by atoms with Gasteiger partial charge in [0.2, 0.25) is 0 Å². The number of rotatable bonds is 5. The molecule has 1 heterocycles. The molecular weight excluding hydrogens is 272 g/mol. The number of aromatic nitrogens is 2. The molecule has 0 saturated heterocycles. The van der Waals surface area contributed by atoms with Crippen molar-refractivity contribution in [2.45, 2.75) is 13.5 Å². The second-order valence-corrected chi connectivity index (χ2v) is 4.70. The molecule has 2 N–H and O–H groups in total. The van der Waals surface area contributed by atoms with Gasteiger partial charge < -0.3 is 15.4 Å². The molecule has 0 amide bonds. The molecule has 2 aromatic rings.